The Morgan fingerprint density at radius 3 is 2.59 bits per heavy atom. The Balaban J connectivity index is 2.05. The Labute approximate surface area is 162 Å². The van der Waals surface area contributed by atoms with Gasteiger partial charge in [-0.05, 0) is 48.8 Å². The van der Waals surface area contributed by atoms with Crippen LogP contribution >= 0.6 is 12.2 Å². The van der Waals surface area contributed by atoms with E-state index < -0.39 is 10.8 Å². The zero-order valence-electron chi connectivity index (χ0n) is 15.3. The smallest absolute Gasteiger partial charge is 0.293 e. The van der Waals surface area contributed by atoms with Crippen molar-refractivity contribution in [2.75, 3.05) is 17.7 Å². The van der Waals surface area contributed by atoms with Crippen LogP contribution in [0.1, 0.15) is 28.4 Å². The molecule has 2 rings (SSSR count). The van der Waals surface area contributed by atoms with Gasteiger partial charge < -0.3 is 10.6 Å². The van der Waals surface area contributed by atoms with Crippen LogP contribution in [0.4, 0.5) is 17.1 Å². The monoisotopic (exact) mass is 387 g/mol. The van der Waals surface area contributed by atoms with Crippen LogP contribution in [0.5, 0.6) is 0 Å². The highest BCUT2D eigenvalue weighted by Crippen LogP contribution is 2.25. The van der Waals surface area contributed by atoms with Gasteiger partial charge >= 0.3 is 0 Å². The zero-order valence-corrected chi connectivity index (χ0v) is 16.1. The molecule has 0 atom stereocenters. The van der Waals surface area contributed by atoms with Gasteiger partial charge in [-0.3, -0.25) is 25.8 Å². The summed E-state index contributed by atoms with van der Waals surface area (Å²) in [6, 6.07) is 10.1. The van der Waals surface area contributed by atoms with Gasteiger partial charge in [0.2, 0.25) is 0 Å². The largest absolute Gasteiger partial charge is 0.383 e. The molecule has 8 nitrogen and oxygen atoms in total. The van der Waals surface area contributed by atoms with E-state index in [1.807, 2.05) is 32.0 Å². The molecule has 142 valence electrons. The Morgan fingerprint density at radius 1 is 1.22 bits per heavy atom. The lowest BCUT2D eigenvalue weighted by atomic mass is 10.1. The fourth-order valence-electron chi connectivity index (χ4n) is 2.57. The molecule has 0 fully saturated rings. The number of hydrazine groups is 1. The third-order valence-electron chi connectivity index (χ3n) is 3.99. The van der Waals surface area contributed by atoms with Crippen molar-refractivity contribution in [2.45, 2.75) is 20.3 Å². The molecular weight excluding hydrogens is 366 g/mol. The van der Waals surface area contributed by atoms with Crippen LogP contribution in [0.3, 0.4) is 0 Å². The zero-order chi connectivity index (χ0) is 20.0. The number of nitrogens with one attached hydrogen (secondary N) is 4. The fourth-order valence-corrected chi connectivity index (χ4v) is 2.72. The summed E-state index contributed by atoms with van der Waals surface area (Å²) in [6.45, 7) is 4.01. The molecule has 9 heteroatoms. The molecule has 0 unspecified atom stereocenters. The average molecular weight is 387 g/mol. The number of amides is 1. The Bertz CT molecular complexity index is 885. The fraction of sp³-hybridized carbons (Fsp3) is 0.222. The van der Waals surface area contributed by atoms with Gasteiger partial charge in [-0.1, -0.05) is 25.1 Å². The number of aryl methyl sites for hydroxylation is 2. The third kappa shape index (κ3) is 4.91. The molecule has 27 heavy (non-hydrogen) atoms. The van der Waals surface area contributed by atoms with E-state index in [1.165, 1.54) is 18.2 Å². The van der Waals surface area contributed by atoms with Gasteiger partial charge in [-0.25, -0.2) is 0 Å². The van der Waals surface area contributed by atoms with Gasteiger partial charge in [0.25, 0.3) is 11.6 Å². The Hall–Kier alpha value is -3.20. The topological polar surface area (TPSA) is 108 Å². The highest BCUT2D eigenvalue weighted by atomic mass is 32.1. The Kier molecular flexibility index (Phi) is 6.67. The molecule has 0 aliphatic rings. The first-order valence-electron chi connectivity index (χ1n) is 8.29. The number of anilines is 2. The second kappa shape index (κ2) is 8.95. The first kappa shape index (κ1) is 20.1. The number of hydrogen-bond donors (Lipinski definition) is 4. The first-order valence-corrected chi connectivity index (χ1v) is 8.70. The summed E-state index contributed by atoms with van der Waals surface area (Å²) in [5.74, 6) is -0.537. The highest BCUT2D eigenvalue weighted by molar-refractivity contribution is 7.80. The summed E-state index contributed by atoms with van der Waals surface area (Å²) in [5.41, 5.74) is 8.37. The molecule has 0 saturated carbocycles. The van der Waals surface area contributed by atoms with Crippen molar-refractivity contribution in [3.8, 4) is 0 Å². The SMILES string of the molecule is CCc1cccc(C)c1NC(=S)NNC(=O)c1ccc(NC)c([N+](=O)[O-])c1. The van der Waals surface area contributed by atoms with Crippen molar-refractivity contribution in [3.05, 3.63) is 63.2 Å². The minimum absolute atomic E-state index is 0.140. The minimum Gasteiger partial charge on any atom is -0.383 e. The van der Waals surface area contributed by atoms with E-state index >= 15 is 0 Å². The van der Waals surface area contributed by atoms with Gasteiger partial charge in [-0.15, -0.1) is 0 Å². The molecule has 0 spiro atoms. The minimum atomic E-state index is -0.549. The summed E-state index contributed by atoms with van der Waals surface area (Å²) in [7, 11) is 1.57. The van der Waals surface area contributed by atoms with Crippen molar-refractivity contribution in [1.82, 2.24) is 10.9 Å². The third-order valence-corrected chi connectivity index (χ3v) is 4.20. The summed E-state index contributed by atoms with van der Waals surface area (Å²) >= 11 is 5.22. The quantitative estimate of drug-likeness (QED) is 0.355. The van der Waals surface area contributed by atoms with Crippen LogP contribution in [-0.4, -0.2) is 23.0 Å². The number of nitro groups is 1. The molecule has 0 aromatic heterocycles. The maximum absolute atomic E-state index is 12.3. The summed E-state index contributed by atoms with van der Waals surface area (Å²) < 4.78 is 0. The van der Waals surface area contributed by atoms with Gasteiger partial charge in [0, 0.05) is 24.4 Å². The van der Waals surface area contributed by atoms with Crippen LogP contribution in [0.25, 0.3) is 0 Å². The van der Waals surface area contributed by atoms with E-state index in [9.17, 15) is 14.9 Å². The predicted octanol–water partition coefficient (Wildman–Crippen LogP) is 3.14. The summed E-state index contributed by atoms with van der Waals surface area (Å²) in [5, 5.41) is 17.1. The Morgan fingerprint density at radius 2 is 1.96 bits per heavy atom. The number of hydrogen-bond acceptors (Lipinski definition) is 5. The number of thiocarbonyl (C=S) groups is 1. The molecule has 2 aromatic carbocycles. The molecule has 0 bridgehead atoms. The van der Waals surface area contributed by atoms with Gasteiger partial charge in [0.15, 0.2) is 5.11 Å². The van der Waals surface area contributed by atoms with Gasteiger partial charge in [0.1, 0.15) is 5.69 Å². The number of benzene rings is 2. The van der Waals surface area contributed by atoms with E-state index in [-0.39, 0.29) is 16.4 Å². The summed E-state index contributed by atoms with van der Waals surface area (Å²) in [4.78, 5) is 22.8. The molecule has 0 aliphatic heterocycles. The van der Waals surface area contributed by atoms with Crippen LogP contribution in [0.2, 0.25) is 0 Å². The van der Waals surface area contributed by atoms with Crippen molar-refractivity contribution < 1.29 is 9.72 Å². The highest BCUT2D eigenvalue weighted by Gasteiger charge is 2.17. The standard InChI is InChI=1S/C18H21N5O3S/c1-4-12-7-5-6-11(2)16(12)20-18(27)22-21-17(24)13-8-9-14(19-3)15(10-13)23(25)26/h5-10,19H,4H2,1-3H3,(H,21,24)(H2,20,22,27). The van der Waals surface area contributed by atoms with Crippen LogP contribution in [-0.2, 0) is 6.42 Å². The molecule has 0 radical (unpaired) electrons. The number of carbonyl (C=O) groups excluding carboxylic acids is 1. The number of carbonyl (C=O) groups is 1. The van der Waals surface area contributed by atoms with E-state index in [0.29, 0.717) is 5.69 Å². The lowest BCUT2D eigenvalue weighted by molar-refractivity contribution is -0.384. The normalized spacial score (nSPS) is 10.0. The van der Waals surface area contributed by atoms with Crippen molar-refractivity contribution in [1.29, 1.82) is 0 Å². The van der Waals surface area contributed by atoms with Crippen LogP contribution < -0.4 is 21.5 Å². The molecule has 0 heterocycles. The lowest BCUT2D eigenvalue weighted by Gasteiger charge is -2.16. The molecule has 0 saturated heterocycles. The van der Waals surface area contributed by atoms with Gasteiger partial charge in [-0.2, -0.15) is 0 Å². The average Bonchev–Trinajstić information content (AvgIpc) is 2.67. The number of rotatable bonds is 5. The van der Waals surface area contributed by atoms with E-state index in [1.54, 1.807) is 7.05 Å². The van der Waals surface area contributed by atoms with Gasteiger partial charge in [0.05, 0.1) is 4.92 Å². The van der Waals surface area contributed by atoms with E-state index in [0.717, 1.165) is 23.2 Å². The summed E-state index contributed by atoms with van der Waals surface area (Å²) in [6.07, 6.45) is 0.834. The van der Waals surface area contributed by atoms with E-state index in [2.05, 4.69) is 21.5 Å². The number of nitrogens with zero attached hydrogens (tertiary/aromatic N) is 1. The van der Waals surface area contributed by atoms with E-state index in [4.69, 9.17) is 12.2 Å². The first-order chi connectivity index (χ1) is 12.9. The maximum atomic E-state index is 12.3. The predicted molar refractivity (Wildman–Crippen MR) is 110 cm³/mol. The van der Waals surface area contributed by atoms with Crippen molar-refractivity contribution in [2.24, 2.45) is 0 Å². The van der Waals surface area contributed by atoms with Crippen LogP contribution in [0, 0.1) is 17.0 Å². The van der Waals surface area contributed by atoms with Crippen molar-refractivity contribution >= 4 is 40.3 Å². The maximum Gasteiger partial charge on any atom is 0.293 e. The van der Waals surface area contributed by atoms with Crippen LogP contribution in [0.15, 0.2) is 36.4 Å². The second-order valence-corrected chi connectivity index (χ2v) is 6.14. The molecule has 1 amide bonds. The molecular formula is C18H21N5O3S. The molecule has 0 aliphatic carbocycles. The molecule has 2 aromatic rings. The second-order valence-electron chi connectivity index (χ2n) is 5.73. The van der Waals surface area contributed by atoms with Crippen molar-refractivity contribution in [3.63, 3.8) is 0 Å². The number of para-hydroxylation sites is 1. The lowest BCUT2D eigenvalue weighted by Crippen LogP contribution is -2.44. The molecule has 4 N–H and O–H groups in total. The number of nitro benzene ring substituents is 1.